The van der Waals surface area contributed by atoms with Crippen molar-refractivity contribution in [3.63, 3.8) is 0 Å². The predicted octanol–water partition coefficient (Wildman–Crippen LogP) is 3.52. The van der Waals surface area contributed by atoms with E-state index in [2.05, 4.69) is 21.5 Å². The van der Waals surface area contributed by atoms with E-state index >= 15 is 0 Å². The van der Waals surface area contributed by atoms with Crippen LogP contribution in [0.1, 0.15) is 22.4 Å². The largest absolute Gasteiger partial charge is 0.302 e. The van der Waals surface area contributed by atoms with Gasteiger partial charge in [-0.3, -0.25) is 9.48 Å². The Morgan fingerprint density at radius 2 is 2.33 bits per heavy atom. The fourth-order valence-electron chi connectivity index (χ4n) is 3.03. The number of fused-ring (bicyclic) bond motifs is 3. The fourth-order valence-corrected chi connectivity index (χ4v) is 4.84. The molecule has 0 bridgehead atoms. The highest BCUT2D eigenvalue weighted by molar-refractivity contribution is 7.16. The minimum Gasteiger partial charge on any atom is -0.302 e. The lowest BCUT2D eigenvalue weighted by molar-refractivity contribution is -0.119. The molecule has 24 heavy (non-hydrogen) atoms. The number of thiophene rings is 1. The van der Waals surface area contributed by atoms with E-state index in [1.165, 1.54) is 15.4 Å². The average molecular weight is 358 g/mol. The number of carbonyl (C=O) groups excluding carboxylic acids is 1. The molecule has 4 rings (SSSR count). The van der Waals surface area contributed by atoms with Gasteiger partial charge in [-0.2, -0.15) is 5.10 Å². The van der Waals surface area contributed by atoms with E-state index in [1.54, 1.807) is 22.7 Å². The molecule has 5 nitrogen and oxygen atoms in total. The van der Waals surface area contributed by atoms with Crippen molar-refractivity contribution in [2.45, 2.75) is 26.2 Å². The molecule has 3 aromatic heterocycles. The number of nitrogens with zero attached hydrogens (tertiary/aromatic N) is 3. The molecule has 0 saturated heterocycles. The van der Waals surface area contributed by atoms with Crippen LogP contribution in [0.5, 0.6) is 0 Å². The number of amides is 1. The molecular weight excluding hydrogens is 340 g/mol. The summed E-state index contributed by atoms with van der Waals surface area (Å²) in [4.78, 5) is 19.6. The van der Waals surface area contributed by atoms with E-state index in [1.807, 2.05) is 36.3 Å². The normalized spacial score (nSPS) is 14.1. The number of thiazole rings is 1. The SMILES string of the molecule is CC(Cc1cccs1)C(=O)Nc1nc2c(s1)CCc1c-2cnn1C. The predicted molar refractivity (Wildman–Crippen MR) is 97.5 cm³/mol. The first kappa shape index (κ1) is 15.5. The molecule has 0 saturated carbocycles. The molecule has 0 spiro atoms. The Balaban J connectivity index is 1.50. The third-order valence-corrected chi connectivity index (χ3v) is 6.30. The van der Waals surface area contributed by atoms with Crippen molar-refractivity contribution < 1.29 is 4.79 Å². The Morgan fingerprint density at radius 3 is 3.12 bits per heavy atom. The maximum Gasteiger partial charge on any atom is 0.229 e. The Kier molecular flexibility index (Phi) is 3.97. The van der Waals surface area contributed by atoms with Crippen molar-refractivity contribution in [1.82, 2.24) is 14.8 Å². The molecular formula is C17H18N4OS2. The summed E-state index contributed by atoms with van der Waals surface area (Å²) < 4.78 is 1.92. The molecule has 3 aromatic rings. The minimum absolute atomic E-state index is 0.0286. The lowest BCUT2D eigenvalue weighted by atomic mass is 10.0. The van der Waals surface area contributed by atoms with Gasteiger partial charge in [-0.05, 0) is 30.7 Å². The van der Waals surface area contributed by atoms with Crippen LogP contribution in [-0.4, -0.2) is 20.7 Å². The Morgan fingerprint density at radius 1 is 1.46 bits per heavy atom. The first-order chi connectivity index (χ1) is 11.6. The first-order valence-electron chi connectivity index (χ1n) is 7.96. The van der Waals surface area contributed by atoms with E-state index in [0.29, 0.717) is 5.13 Å². The molecule has 1 N–H and O–H groups in total. The second-order valence-electron chi connectivity index (χ2n) is 6.09. The standard InChI is InChI=1S/C17H18N4OS2/c1-10(8-11-4-3-7-23-11)16(22)20-17-19-15-12-9-18-21(2)13(12)5-6-14(15)24-17/h3-4,7,9-10H,5-6,8H2,1-2H3,(H,19,20,22). The number of hydrogen-bond donors (Lipinski definition) is 1. The minimum atomic E-state index is -0.0708. The van der Waals surface area contributed by atoms with E-state index in [-0.39, 0.29) is 11.8 Å². The highest BCUT2D eigenvalue weighted by Crippen LogP contribution is 2.37. The second kappa shape index (κ2) is 6.14. The Labute approximate surface area is 148 Å². The van der Waals surface area contributed by atoms with Crippen LogP contribution in [0.15, 0.2) is 23.7 Å². The smallest absolute Gasteiger partial charge is 0.229 e. The summed E-state index contributed by atoms with van der Waals surface area (Å²) in [6.07, 6.45) is 4.57. The maximum atomic E-state index is 12.4. The molecule has 0 aliphatic heterocycles. The average Bonchev–Trinajstić information content (AvgIpc) is 3.27. The molecule has 7 heteroatoms. The number of aromatic nitrogens is 3. The highest BCUT2D eigenvalue weighted by atomic mass is 32.1. The summed E-state index contributed by atoms with van der Waals surface area (Å²) >= 11 is 3.27. The van der Waals surface area contributed by atoms with Crippen LogP contribution in [0, 0.1) is 5.92 Å². The lowest BCUT2D eigenvalue weighted by Gasteiger charge is -2.10. The highest BCUT2D eigenvalue weighted by Gasteiger charge is 2.25. The second-order valence-corrected chi connectivity index (χ2v) is 8.21. The number of carbonyl (C=O) groups is 1. The van der Waals surface area contributed by atoms with Gasteiger partial charge in [-0.25, -0.2) is 4.98 Å². The van der Waals surface area contributed by atoms with Gasteiger partial charge < -0.3 is 5.32 Å². The summed E-state index contributed by atoms with van der Waals surface area (Å²) in [7, 11) is 1.96. The zero-order chi connectivity index (χ0) is 16.7. The molecule has 3 heterocycles. The van der Waals surface area contributed by atoms with Crippen LogP contribution < -0.4 is 5.32 Å². The van der Waals surface area contributed by atoms with Gasteiger partial charge >= 0.3 is 0 Å². The third-order valence-electron chi connectivity index (χ3n) is 4.37. The summed E-state index contributed by atoms with van der Waals surface area (Å²) in [5.74, 6) is -0.0422. The molecule has 1 amide bonds. The van der Waals surface area contributed by atoms with E-state index in [4.69, 9.17) is 0 Å². The van der Waals surface area contributed by atoms with Crippen molar-refractivity contribution in [3.8, 4) is 11.3 Å². The van der Waals surface area contributed by atoms with Crippen LogP contribution in [0.4, 0.5) is 5.13 Å². The molecule has 124 valence electrons. The molecule has 1 atom stereocenters. The van der Waals surface area contributed by atoms with Gasteiger partial charge in [0.25, 0.3) is 0 Å². The molecule has 1 aliphatic carbocycles. The van der Waals surface area contributed by atoms with Crippen LogP contribution >= 0.6 is 22.7 Å². The van der Waals surface area contributed by atoms with Crippen molar-refractivity contribution in [2.24, 2.45) is 13.0 Å². The lowest BCUT2D eigenvalue weighted by Crippen LogP contribution is -2.21. The molecule has 0 aromatic carbocycles. The number of rotatable bonds is 4. The van der Waals surface area contributed by atoms with Gasteiger partial charge in [-0.15, -0.1) is 22.7 Å². The van der Waals surface area contributed by atoms with Gasteiger partial charge in [0.05, 0.1) is 11.9 Å². The Hall–Kier alpha value is -1.99. The summed E-state index contributed by atoms with van der Waals surface area (Å²) in [5, 5.41) is 10.1. The summed E-state index contributed by atoms with van der Waals surface area (Å²) in [6, 6.07) is 4.09. The number of nitrogens with one attached hydrogen (secondary N) is 1. The number of aryl methyl sites for hydroxylation is 2. The third kappa shape index (κ3) is 2.78. The summed E-state index contributed by atoms with van der Waals surface area (Å²) in [5.41, 5.74) is 3.30. The molecule has 0 radical (unpaired) electrons. The van der Waals surface area contributed by atoms with Crippen LogP contribution in [0.2, 0.25) is 0 Å². The molecule has 0 fully saturated rings. The van der Waals surface area contributed by atoms with Gasteiger partial charge in [0, 0.05) is 34.0 Å². The topological polar surface area (TPSA) is 59.8 Å². The van der Waals surface area contributed by atoms with E-state index in [9.17, 15) is 4.79 Å². The fraction of sp³-hybridized carbons (Fsp3) is 0.353. The van der Waals surface area contributed by atoms with E-state index < -0.39 is 0 Å². The van der Waals surface area contributed by atoms with Crippen LogP contribution in [0.25, 0.3) is 11.3 Å². The van der Waals surface area contributed by atoms with Gasteiger partial charge in [0.15, 0.2) is 5.13 Å². The maximum absolute atomic E-state index is 12.4. The zero-order valence-electron chi connectivity index (χ0n) is 13.6. The molecule has 1 unspecified atom stereocenters. The zero-order valence-corrected chi connectivity index (χ0v) is 15.2. The number of anilines is 1. The van der Waals surface area contributed by atoms with Crippen molar-refractivity contribution >= 4 is 33.7 Å². The van der Waals surface area contributed by atoms with E-state index in [0.717, 1.165) is 30.5 Å². The van der Waals surface area contributed by atoms with Crippen molar-refractivity contribution in [2.75, 3.05) is 5.32 Å². The first-order valence-corrected chi connectivity index (χ1v) is 9.65. The summed E-state index contributed by atoms with van der Waals surface area (Å²) in [6.45, 7) is 1.96. The van der Waals surface area contributed by atoms with Crippen LogP contribution in [0.3, 0.4) is 0 Å². The Bertz CT molecular complexity index is 879. The van der Waals surface area contributed by atoms with Crippen LogP contribution in [-0.2, 0) is 31.1 Å². The monoisotopic (exact) mass is 358 g/mol. The van der Waals surface area contributed by atoms with Gasteiger partial charge in [-0.1, -0.05) is 13.0 Å². The van der Waals surface area contributed by atoms with Crippen molar-refractivity contribution in [1.29, 1.82) is 0 Å². The van der Waals surface area contributed by atoms with Crippen molar-refractivity contribution in [3.05, 3.63) is 39.2 Å². The number of hydrogen-bond acceptors (Lipinski definition) is 5. The van der Waals surface area contributed by atoms with Gasteiger partial charge in [0.1, 0.15) is 0 Å². The van der Waals surface area contributed by atoms with Gasteiger partial charge in [0.2, 0.25) is 5.91 Å². The molecule has 1 aliphatic rings. The quantitative estimate of drug-likeness (QED) is 0.776.